The Balaban J connectivity index is 1.89. The Bertz CT molecular complexity index is 538. The van der Waals surface area contributed by atoms with E-state index in [0.717, 1.165) is 11.3 Å². The molecule has 1 heterocycles. The highest BCUT2D eigenvalue weighted by atomic mass is 16.5. The van der Waals surface area contributed by atoms with Crippen molar-refractivity contribution in [2.75, 3.05) is 13.2 Å². The maximum absolute atomic E-state index is 8.63. The molecule has 0 aliphatic heterocycles. The molecule has 0 bridgehead atoms. The first-order valence-corrected chi connectivity index (χ1v) is 5.68. The van der Waals surface area contributed by atoms with E-state index in [-0.39, 0.29) is 6.61 Å². The minimum Gasteiger partial charge on any atom is -0.492 e. The monoisotopic (exact) mass is 242 g/mol. The maximum Gasteiger partial charge on any atom is 0.120 e. The number of aliphatic hydroxyl groups is 1. The van der Waals surface area contributed by atoms with Gasteiger partial charge in [-0.3, -0.25) is 4.68 Å². The fraction of sp³-hybridized carbons (Fsp3) is 0.214. The van der Waals surface area contributed by atoms with Gasteiger partial charge >= 0.3 is 0 Å². The lowest BCUT2D eigenvalue weighted by molar-refractivity contribution is 0.291. The van der Waals surface area contributed by atoms with E-state index in [0.29, 0.717) is 13.2 Å². The molecule has 0 spiro atoms. The van der Waals surface area contributed by atoms with Crippen LogP contribution in [-0.2, 0) is 6.54 Å². The Hall–Kier alpha value is -2.25. The summed E-state index contributed by atoms with van der Waals surface area (Å²) in [7, 11) is 0. The smallest absolute Gasteiger partial charge is 0.120 e. The first-order chi connectivity index (χ1) is 8.88. The number of hydrogen-bond acceptors (Lipinski definition) is 3. The predicted molar refractivity (Wildman–Crippen MR) is 68.1 cm³/mol. The van der Waals surface area contributed by atoms with Crippen molar-refractivity contribution in [1.29, 1.82) is 0 Å². The molecule has 0 unspecified atom stereocenters. The Morgan fingerprint density at radius 3 is 3.06 bits per heavy atom. The molecule has 0 radical (unpaired) electrons. The number of hydrogen-bond donors (Lipinski definition) is 1. The van der Waals surface area contributed by atoms with E-state index in [1.807, 2.05) is 41.2 Å². The van der Waals surface area contributed by atoms with Crippen LogP contribution >= 0.6 is 0 Å². The van der Waals surface area contributed by atoms with Gasteiger partial charge in [-0.1, -0.05) is 17.9 Å². The van der Waals surface area contributed by atoms with Crippen LogP contribution in [0.25, 0.3) is 0 Å². The molecule has 92 valence electrons. The minimum absolute atomic E-state index is 0.135. The number of aromatic nitrogens is 2. The van der Waals surface area contributed by atoms with Crippen LogP contribution in [0.2, 0.25) is 0 Å². The van der Waals surface area contributed by atoms with Crippen molar-refractivity contribution >= 4 is 0 Å². The lowest BCUT2D eigenvalue weighted by Gasteiger charge is -2.06. The van der Waals surface area contributed by atoms with Gasteiger partial charge in [0.15, 0.2) is 0 Å². The molecule has 1 aromatic carbocycles. The van der Waals surface area contributed by atoms with Crippen molar-refractivity contribution in [1.82, 2.24) is 9.78 Å². The first kappa shape index (κ1) is 12.2. The largest absolute Gasteiger partial charge is 0.492 e. The summed E-state index contributed by atoms with van der Waals surface area (Å²) in [6, 6.07) is 9.37. The third kappa shape index (κ3) is 3.65. The highest BCUT2D eigenvalue weighted by molar-refractivity contribution is 5.39. The van der Waals surface area contributed by atoms with E-state index in [1.54, 1.807) is 6.20 Å². The average Bonchev–Trinajstić information content (AvgIpc) is 2.90. The van der Waals surface area contributed by atoms with E-state index in [4.69, 9.17) is 9.84 Å². The first-order valence-electron chi connectivity index (χ1n) is 5.68. The van der Waals surface area contributed by atoms with Crippen molar-refractivity contribution in [2.24, 2.45) is 0 Å². The molecule has 18 heavy (non-hydrogen) atoms. The zero-order valence-corrected chi connectivity index (χ0v) is 9.91. The predicted octanol–water partition coefficient (Wildman–Crippen LogP) is 1.31. The molecule has 4 nitrogen and oxygen atoms in total. The maximum atomic E-state index is 8.63. The minimum atomic E-state index is -0.135. The molecular weight excluding hydrogens is 228 g/mol. The molecule has 2 aromatic rings. The Morgan fingerprint density at radius 2 is 2.28 bits per heavy atom. The van der Waals surface area contributed by atoms with Gasteiger partial charge in [-0.2, -0.15) is 5.10 Å². The second-order valence-corrected chi connectivity index (χ2v) is 3.61. The summed E-state index contributed by atoms with van der Waals surface area (Å²) in [6.45, 7) is 1.13. The van der Waals surface area contributed by atoms with Crippen LogP contribution in [0.15, 0.2) is 42.7 Å². The molecule has 2 rings (SSSR count). The summed E-state index contributed by atoms with van der Waals surface area (Å²) in [6.07, 6.45) is 3.64. The zero-order valence-electron chi connectivity index (χ0n) is 9.91. The fourth-order valence-electron chi connectivity index (χ4n) is 1.49. The zero-order chi connectivity index (χ0) is 12.6. The van der Waals surface area contributed by atoms with E-state index in [2.05, 4.69) is 16.9 Å². The van der Waals surface area contributed by atoms with Gasteiger partial charge in [0.2, 0.25) is 0 Å². The van der Waals surface area contributed by atoms with Crippen LogP contribution in [0.5, 0.6) is 5.75 Å². The van der Waals surface area contributed by atoms with Gasteiger partial charge in [0.1, 0.15) is 19.0 Å². The molecule has 1 N–H and O–H groups in total. The van der Waals surface area contributed by atoms with Gasteiger partial charge in [0.05, 0.1) is 6.54 Å². The van der Waals surface area contributed by atoms with Crippen LogP contribution in [0.3, 0.4) is 0 Å². The Kier molecular flexibility index (Phi) is 4.39. The third-order valence-electron chi connectivity index (χ3n) is 2.29. The fourth-order valence-corrected chi connectivity index (χ4v) is 1.49. The van der Waals surface area contributed by atoms with Crippen LogP contribution in [-0.4, -0.2) is 28.1 Å². The number of aliphatic hydroxyl groups excluding tert-OH is 1. The number of nitrogens with zero attached hydrogens (tertiary/aromatic N) is 2. The number of rotatable bonds is 4. The highest BCUT2D eigenvalue weighted by Gasteiger charge is 1.96. The van der Waals surface area contributed by atoms with Gasteiger partial charge in [-0.05, 0) is 24.3 Å². The molecule has 0 fully saturated rings. The summed E-state index contributed by atoms with van der Waals surface area (Å²) in [5, 5.41) is 12.7. The van der Waals surface area contributed by atoms with Crippen molar-refractivity contribution in [3.05, 3.63) is 48.3 Å². The van der Waals surface area contributed by atoms with Gasteiger partial charge in [0, 0.05) is 18.0 Å². The van der Waals surface area contributed by atoms with Gasteiger partial charge in [0.25, 0.3) is 0 Å². The molecule has 1 aromatic heterocycles. The second-order valence-electron chi connectivity index (χ2n) is 3.61. The van der Waals surface area contributed by atoms with Crippen LogP contribution in [0.4, 0.5) is 0 Å². The van der Waals surface area contributed by atoms with Crippen molar-refractivity contribution in [3.63, 3.8) is 0 Å². The molecule has 0 saturated carbocycles. The normalized spacial score (nSPS) is 9.61. The Morgan fingerprint density at radius 1 is 1.33 bits per heavy atom. The summed E-state index contributed by atoms with van der Waals surface area (Å²) in [5.74, 6) is 6.22. The molecule has 0 amide bonds. The number of benzene rings is 1. The molecule has 4 heteroatoms. The van der Waals surface area contributed by atoms with Gasteiger partial charge in [-0.25, -0.2) is 0 Å². The van der Waals surface area contributed by atoms with Crippen molar-refractivity contribution < 1.29 is 9.84 Å². The van der Waals surface area contributed by atoms with Crippen molar-refractivity contribution in [2.45, 2.75) is 6.54 Å². The van der Waals surface area contributed by atoms with E-state index in [9.17, 15) is 0 Å². The molecule has 0 aliphatic rings. The lowest BCUT2D eigenvalue weighted by Crippen LogP contribution is -2.08. The summed E-state index contributed by atoms with van der Waals surface area (Å²) in [5.41, 5.74) is 0.834. The molecule has 0 saturated heterocycles. The molecule has 0 atom stereocenters. The standard InChI is InChI=1S/C14H14N2O2/c17-10-2-5-13-4-1-6-14(12-13)18-11-9-16-8-3-7-15-16/h1,3-4,6-8,12,17H,9-11H2. The van der Waals surface area contributed by atoms with Crippen LogP contribution in [0, 0.1) is 11.8 Å². The van der Waals surface area contributed by atoms with Crippen molar-refractivity contribution in [3.8, 4) is 17.6 Å². The summed E-state index contributed by atoms with van der Waals surface area (Å²) in [4.78, 5) is 0. The highest BCUT2D eigenvalue weighted by Crippen LogP contribution is 2.12. The summed E-state index contributed by atoms with van der Waals surface area (Å²) < 4.78 is 7.42. The van der Waals surface area contributed by atoms with Gasteiger partial charge < -0.3 is 9.84 Å². The molecule has 0 aliphatic carbocycles. The van der Waals surface area contributed by atoms with E-state index >= 15 is 0 Å². The lowest BCUT2D eigenvalue weighted by atomic mass is 10.2. The Labute approximate surface area is 106 Å². The molecular formula is C14H14N2O2. The van der Waals surface area contributed by atoms with Crippen LogP contribution in [0.1, 0.15) is 5.56 Å². The van der Waals surface area contributed by atoms with Crippen LogP contribution < -0.4 is 4.74 Å². The SMILES string of the molecule is OCC#Cc1cccc(OCCn2cccn2)c1. The average molecular weight is 242 g/mol. The number of ether oxygens (including phenoxy) is 1. The summed E-state index contributed by atoms with van der Waals surface area (Å²) >= 11 is 0. The third-order valence-corrected chi connectivity index (χ3v) is 2.29. The van der Waals surface area contributed by atoms with E-state index < -0.39 is 0 Å². The van der Waals surface area contributed by atoms with Gasteiger partial charge in [-0.15, -0.1) is 0 Å². The van der Waals surface area contributed by atoms with E-state index in [1.165, 1.54) is 0 Å². The second kappa shape index (κ2) is 6.48. The topological polar surface area (TPSA) is 47.3 Å². The quantitative estimate of drug-likeness (QED) is 0.822.